The van der Waals surface area contributed by atoms with Crippen LogP contribution in [0.3, 0.4) is 0 Å². The smallest absolute Gasteiger partial charge is 0.126 e. The molecule has 2 saturated heterocycles. The molecule has 75 heavy (non-hydrogen) atoms. The maximum atomic E-state index is 14.4. The zero-order valence-electron chi connectivity index (χ0n) is 48.1. The molecule has 0 radical (unpaired) electrons. The number of benzene rings is 3. The van der Waals surface area contributed by atoms with Gasteiger partial charge in [-0.1, -0.05) is 20.8 Å². The Kier molecular flexibility index (Phi) is 23.4. The van der Waals surface area contributed by atoms with Crippen molar-refractivity contribution in [2.75, 3.05) is 26.8 Å². The number of hydrogen-bond acceptors (Lipinski definition) is 11. The first-order valence-corrected chi connectivity index (χ1v) is 30.7. The van der Waals surface area contributed by atoms with E-state index in [9.17, 15) is 35.1 Å². The van der Waals surface area contributed by atoms with Gasteiger partial charge in [-0.25, -0.2) is 0 Å². The Labute approximate surface area is 452 Å². The number of carbonyl (C=O) groups excluding carboxylic acids is 2. The number of carbonyl (C=O) groups is 2. The molecule has 0 unspecified atom stereocenters. The zero-order valence-corrected chi connectivity index (χ0v) is 49.1. The number of aliphatic hydroxyl groups excluding tert-OH is 3. The average molecular weight is 1060 g/mol. The van der Waals surface area contributed by atoms with Crippen molar-refractivity contribution in [3.05, 3.63) is 89.5 Å². The van der Waals surface area contributed by atoms with Crippen LogP contribution >= 0.6 is 7.26 Å². The number of nitrogens with zero attached hydrogens (tertiary/aromatic N) is 2. The number of aryl methyl sites for hydroxylation is 3. The van der Waals surface area contributed by atoms with E-state index in [-0.39, 0.29) is 49.8 Å². The Hall–Kier alpha value is -3.29. The van der Waals surface area contributed by atoms with E-state index < -0.39 is 79.1 Å². The molecule has 3 aromatic carbocycles. The molecule has 5 rings (SSSR count). The first-order valence-electron chi connectivity index (χ1n) is 28.5. The van der Waals surface area contributed by atoms with E-state index in [2.05, 4.69) is 93.6 Å². The molecule has 0 aliphatic carbocycles. The van der Waals surface area contributed by atoms with Gasteiger partial charge in [0.2, 0.25) is 0 Å². The fraction of sp³-hybridized carbons (Fsp3) is 0.677. The third kappa shape index (κ3) is 15.9. The number of unbranched alkanes of at least 4 members (excludes halogenated alkanes) is 8. The third-order valence-corrected chi connectivity index (χ3v) is 22.0. The molecule has 13 heteroatoms. The van der Waals surface area contributed by atoms with Crippen molar-refractivity contribution < 1.29 is 49.3 Å². The number of ether oxygens (including phenoxy) is 3. The number of rotatable bonds is 19. The van der Waals surface area contributed by atoms with Gasteiger partial charge in [0.05, 0.1) is 35.9 Å². The van der Waals surface area contributed by atoms with Gasteiger partial charge >= 0.3 is 216 Å². The van der Waals surface area contributed by atoms with Gasteiger partial charge in [0, 0.05) is 18.5 Å². The van der Waals surface area contributed by atoms with Gasteiger partial charge in [-0.2, -0.15) is 0 Å². The molecule has 0 spiro atoms. The Bertz CT molecular complexity index is 2140. The largest absolute Gasteiger partial charge is 0.388 e. The fourth-order valence-corrected chi connectivity index (χ4v) is 17.8. The van der Waals surface area contributed by atoms with Gasteiger partial charge in [-0.15, -0.1) is 0 Å². The normalized spacial score (nSPS) is 31.9. The molecular formula is C62H99N2O10P. The molecule has 2 aliphatic rings. The summed E-state index contributed by atoms with van der Waals surface area (Å²) in [7, 11) is 1.42. The fourth-order valence-electron chi connectivity index (χ4n) is 12.6. The van der Waals surface area contributed by atoms with Crippen LogP contribution in [0.25, 0.3) is 0 Å². The Morgan fingerprint density at radius 3 is 1.73 bits per heavy atom. The summed E-state index contributed by atoms with van der Waals surface area (Å²) in [6.07, 6.45) is 4.00. The third-order valence-electron chi connectivity index (χ3n) is 17.0. The van der Waals surface area contributed by atoms with Gasteiger partial charge in [-0.05, 0) is 73.9 Å². The topological polar surface area (TPSA) is 169 Å². The van der Waals surface area contributed by atoms with E-state index >= 15 is 0 Å². The predicted molar refractivity (Wildman–Crippen MR) is 306 cm³/mol. The summed E-state index contributed by atoms with van der Waals surface area (Å²) >= 11 is 0. The van der Waals surface area contributed by atoms with E-state index in [4.69, 9.17) is 14.2 Å². The van der Waals surface area contributed by atoms with Crippen LogP contribution in [-0.4, -0.2) is 140 Å². The van der Waals surface area contributed by atoms with E-state index in [1.807, 2.05) is 32.8 Å². The molecule has 0 aromatic heterocycles. The maximum absolute atomic E-state index is 14.4. The molecule has 2 heterocycles. The van der Waals surface area contributed by atoms with Crippen molar-refractivity contribution in [2.24, 2.45) is 17.8 Å². The van der Waals surface area contributed by atoms with E-state index in [1.54, 1.807) is 32.6 Å². The summed E-state index contributed by atoms with van der Waals surface area (Å²) < 4.78 is 18.6. The average Bonchev–Trinajstić information content (AvgIpc) is 3.35. The molecule has 12 nitrogen and oxygen atoms in total. The second-order valence-electron chi connectivity index (χ2n) is 23.9. The number of cyclic esters (lactones) is 1. The van der Waals surface area contributed by atoms with Crippen molar-refractivity contribution >= 4 is 35.1 Å². The predicted octanol–water partition coefficient (Wildman–Crippen LogP) is 8.42. The van der Waals surface area contributed by atoms with Gasteiger partial charge in [0.25, 0.3) is 0 Å². The van der Waals surface area contributed by atoms with Crippen molar-refractivity contribution in [2.45, 2.75) is 226 Å². The number of hydrogen-bond donors (Lipinski definition) is 5. The van der Waals surface area contributed by atoms with E-state index in [0.717, 1.165) is 44.7 Å². The first kappa shape index (κ1) is 62.6. The molecule has 2 aliphatic heterocycles. The summed E-state index contributed by atoms with van der Waals surface area (Å²) in [5.74, 6) is -3.33. The van der Waals surface area contributed by atoms with Crippen molar-refractivity contribution in [3.8, 4) is 0 Å². The molecule has 2 fully saturated rings. The zero-order chi connectivity index (χ0) is 55.4. The summed E-state index contributed by atoms with van der Waals surface area (Å²) in [5.41, 5.74) is 0.273. The molecule has 0 saturated carbocycles. The monoisotopic (exact) mass is 1060 g/mol. The molecule has 1 amide bonds. The molecule has 5 N–H and O–H groups in total. The number of likely N-dealkylation sites (N-methyl/N-ethyl adjacent to an activating group) is 1. The minimum atomic E-state index is -2.32. The van der Waals surface area contributed by atoms with Crippen LogP contribution in [0.1, 0.15) is 156 Å². The number of aliphatic hydroxyl groups is 5. The van der Waals surface area contributed by atoms with Gasteiger partial charge < -0.3 is 49.5 Å². The van der Waals surface area contributed by atoms with Crippen LogP contribution in [0.4, 0.5) is 0 Å². The molecule has 14 atom stereocenters. The van der Waals surface area contributed by atoms with Gasteiger partial charge in [-0.3, -0.25) is 9.59 Å². The van der Waals surface area contributed by atoms with E-state index in [1.165, 1.54) is 59.3 Å². The van der Waals surface area contributed by atoms with Crippen LogP contribution in [0.15, 0.2) is 72.8 Å². The van der Waals surface area contributed by atoms with Crippen LogP contribution in [0.5, 0.6) is 0 Å². The number of amides is 1. The summed E-state index contributed by atoms with van der Waals surface area (Å²) in [4.78, 5) is 31.7. The Morgan fingerprint density at radius 2 is 1.25 bits per heavy atom. The minimum absolute atomic E-state index is 0.0958. The van der Waals surface area contributed by atoms with Crippen LogP contribution in [0.2, 0.25) is 0 Å². The van der Waals surface area contributed by atoms with Crippen molar-refractivity contribution in [3.63, 3.8) is 0 Å². The molecule has 0 bridgehead atoms. The van der Waals surface area contributed by atoms with E-state index in [0.29, 0.717) is 12.8 Å². The van der Waals surface area contributed by atoms with Crippen molar-refractivity contribution in [1.82, 2.24) is 9.80 Å². The Morgan fingerprint density at radius 1 is 0.760 bits per heavy atom. The minimum Gasteiger partial charge on any atom is -0.388 e. The second-order valence-corrected chi connectivity index (χ2v) is 28.0. The molecular weight excluding hydrogens is 964 g/mol. The van der Waals surface area contributed by atoms with Gasteiger partial charge in [0.15, 0.2) is 6.29 Å². The van der Waals surface area contributed by atoms with Crippen LogP contribution in [-0.2, 0) is 23.8 Å². The summed E-state index contributed by atoms with van der Waals surface area (Å²) in [6, 6.07) is 26.5. The molecule has 3 aromatic rings. The SMILES string of the molecule is CC[C@H]1OC(=O)[C@H](C)[C@@H](O)[C@H](C)[C@@H](O[C@@H]2O[C@H](C)C[C@H](N(C)C)[C@H]2O)[C@](C)(O)C[C@@H](C)CN(C(=O)CCCCCCCCCCC[PH](c2cccc(C)c2)(c2cccc(C)c2)c2cccc(C)c2)[C@H](C)[C@@H](O)[C@]1(C)O. The Balaban J connectivity index is 1.22. The van der Waals surface area contributed by atoms with Crippen LogP contribution < -0.4 is 15.9 Å². The second kappa shape index (κ2) is 28.0. The summed E-state index contributed by atoms with van der Waals surface area (Å²) in [5, 5.41) is 64.1. The summed E-state index contributed by atoms with van der Waals surface area (Å²) in [6.45, 7) is 20.3. The standard InChI is InChI=1S/C62H99N2O10P/c1-14-53-62(11,71)57(68)48(9)64(40-44(5)39-61(10,70)58(46(7)55(66)47(8)59(69)73-53)74-60-56(67)52(63(12)13)38-45(6)72-60)54(65)33-22-20-18-16-15-17-19-21-23-34-75(49-30-24-27-41(2)35-49,50-31-25-28-42(3)36-50)51-32-26-29-43(4)37-51/h24-32,35-37,44-48,52-53,55-58,60,66-68,70-71,75H,14-23,33-34,38-40H2,1-13H3/t44-,45-,46+,47-,48-,52+,53-,55+,56-,57-,58-,60+,61-,62-/m1/s1. The first-order chi connectivity index (χ1) is 35.3. The quantitative estimate of drug-likeness (QED) is 0.0444. The van der Waals surface area contributed by atoms with Crippen molar-refractivity contribution in [1.29, 1.82) is 0 Å². The molecule has 422 valence electrons. The maximum Gasteiger partial charge on any atom is 0.126 e. The van der Waals surface area contributed by atoms with Gasteiger partial charge in [0.1, 0.15) is 23.9 Å². The van der Waals surface area contributed by atoms with Crippen LogP contribution in [0, 0.1) is 38.5 Å². The number of esters is 1.